The van der Waals surface area contributed by atoms with Crippen molar-refractivity contribution in [1.29, 1.82) is 0 Å². The van der Waals surface area contributed by atoms with Crippen LogP contribution in [0.2, 0.25) is 0 Å². The number of halogens is 1. The fourth-order valence-corrected chi connectivity index (χ4v) is 2.29. The first-order valence-corrected chi connectivity index (χ1v) is 8.21. The van der Waals surface area contributed by atoms with Crippen LogP contribution >= 0.6 is 0 Å². The standard InChI is InChI=1S/C20H17FN2O4/c21-17-6-2-1-5-16(17)18-9-7-14(27-18)8-10-19(24)23-13-20(25)22-12-15-4-3-11-26-15/h1-11H,12-13H2,(H,22,25)(H,23,24). The van der Waals surface area contributed by atoms with Crippen LogP contribution in [0.1, 0.15) is 11.5 Å². The van der Waals surface area contributed by atoms with Crippen molar-refractivity contribution in [2.24, 2.45) is 0 Å². The number of hydrogen-bond donors (Lipinski definition) is 2. The number of carbonyl (C=O) groups excluding carboxylic acids is 2. The molecule has 3 rings (SSSR count). The van der Waals surface area contributed by atoms with Crippen molar-refractivity contribution >= 4 is 17.9 Å². The Morgan fingerprint density at radius 3 is 2.67 bits per heavy atom. The molecule has 0 aliphatic heterocycles. The number of rotatable bonds is 7. The summed E-state index contributed by atoms with van der Waals surface area (Å²) in [6.07, 6.45) is 4.20. The minimum Gasteiger partial charge on any atom is -0.467 e. The van der Waals surface area contributed by atoms with E-state index >= 15 is 0 Å². The Hall–Kier alpha value is -3.61. The maximum atomic E-state index is 13.7. The van der Waals surface area contributed by atoms with E-state index < -0.39 is 5.91 Å². The molecule has 0 fully saturated rings. The molecule has 0 radical (unpaired) electrons. The Labute approximate surface area is 154 Å². The molecule has 2 N–H and O–H groups in total. The number of carbonyl (C=O) groups is 2. The second-order valence-electron chi connectivity index (χ2n) is 5.59. The molecule has 1 aromatic carbocycles. The number of furan rings is 2. The molecule has 0 bridgehead atoms. The van der Waals surface area contributed by atoms with Gasteiger partial charge in [0, 0.05) is 6.08 Å². The first-order chi connectivity index (χ1) is 13.1. The van der Waals surface area contributed by atoms with Crippen LogP contribution in [0.25, 0.3) is 17.4 Å². The van der Waals surface area contributed by atoms with Crippen LogP contribution in [-0.2, 0) is 16.1 Å². The minimum atomic E-state index is -0.452. The zero-order valence-electron chi connectivity index (χ0n) is 14.3. The van der Waals surface area contributed by atoms with E-state index in [0.717, 1.165) is 0 Å². The molecule has 3 aromatic rings. The van der Waals surface area contributed by atoms with Crippen molar-refractivity contribution in [1.82, 2.24) is 10.6 Å². The molecule has 0 saturated heterocycles. The van der Waals surface area contributed by atoms with E-state index in [0.29, 0.717) is 22.8 Å². The first-order valence-electron chi connectivity index (χ1n) is 8.21. The lowest BCUT2D eigenvalue weighted by atomic mass is 10.1. The summed E-state index contributed by atoms with van der Waals surface area (Å²) in [5.74, 6) is 0.204. The van der Waals surface area contributed by atoms with E-state index in [2.05, 4.69) is 10.6 Å². The molecule has 0 saturated carbocycles. The molecule has 7 heteroatoms. The van der Waals surface area contributed by atoms with Gasteiger partial charge in [-0.15, -0.1) is 0 Å². The van der Waals surface area contributed by atoms with Crippen molar-refractivity contribution in [2.75, 3.05) is 6.54 Å². The quantitative estimate of drug-likeness (QED) is 0.628. The Balaban J connectivity index is 1.47. The minimum absolute atomic E-state index is 0.164. The highest BCUT2D eigenvalue weighted by molar-refractivity contribution is 5.94. The third-order valence-electron chi connectivity index (χ3n) is 3.63. The molecule has 138 valence electrons. The number of hydrogen-bond acceptors (Lipinski definition) is 4. The monoisotopic (exact) mass is 368 g/mol. The van der Waals surface area contributed by atoms with Crippen LogP contribution in [0.15, 0.2) is 69.7 Å². The molecular weight excluding hydrogens is 351 g/mol. The lowest BCUT2D eigenvalue weighted by Crippen LogP contribution is -2.35. The Morgan fingerprint density at radius 2 is 1.89 bits per heavy atom. The van der Waals surface area contributed by atoms with Gasteiger partial charge in [-0.05, 0) is 42.5 Å². The molecule has 6 nitrogen and oxygen atoms in total. The van der Waals surface area contributed by atoms with Gasteiger partial charge in [0.1, 0.15) is 23.1 Å². The maximum Gasteiger partial charge on any atom is 0.244 e. The van der Waals surface area contributed by atoms with Crippen molar-refractivity contribution in [3.63, 3.8) is 0 Å². The molecule has 0 aliphatic rings. The summed E-state index contributed by atoms with van der Waals surface area (Å²) in [7, 11) is 0. The van der Waals surface area contributed by atoms with Crippen LogP contribution in [0.4, 0.5) is 4.39 Å². The van der Waals surface area contributed by atoms with Gasteiger partial charge in [-0.25, -0.2) is 4.39 Å². The zero-order valence-corrected chi connectivity index (χ0v) is 14.3. The number of nitrogens with one attached hydrogen (secondary N) is 2. The Bertz CT molecular complexity index is 945. The molecule has 0 aliphatic carbocycles. The average Bonchev–Trinajstić information content (AvgIpc) is 3.35. The maximum absolute atomic E-state index is 13.7. The van der Waals surface area contributed by atoms with Gasteiger partial charge in [0.15, 0.2) is 0 Å². The molecule has 0 atom stereocenters. The highest BCUT2D eigenvalue weighted by Crippen LogP contribution is 2.25. The lowest BCUT2D eigenvalue weighted by Gasteiger charge is -2.03. The molecule has 2 amide bonds. The summed E-state index contributed by atoms with van der Waals surface area (Å²) in [6, 6.07) is 13.0. The molecule has 0 spiro atoms. The molecular formula is C20H17FN2O4. The lowest BCUT2D eigenvalue weighted by molar-refractivity contribution is -0.124. The van der Waals surface area contributed by atoms with Gasteiger partial charge >= 0.3 is 0 Å². The van der Waals surface area contributed by atoms with E-state index in [1.54, 1.807) is 42.5 Å². The van der Waals surface area contributed by atoms with E-state index in [4.69, 9.17) is 8.83 Å². The van der Waals surface area contributed by atoms with Crippen molar-refractivity contribution < 1.29 is 22.8 Å². The van der Waals surface area contributed by atoms with Crippen LogP contribution in [0.5, 0.6) is 0 Å². The first kappa shape index (κ1) is 18.2. The van der Waals surface area contributed by atoms with Gasteiger partial charge in [0.05, 0.1) is 24.9 Å². The van der Waals surface area contributed by atoms with Crippen molar-refractivity contribution in [2.45, 2.75) is 6.54 Å². The largest absolute Gasteiger partial charge is 0.467 e. The Kier molecular flexibility index (Phi) is 5.84. The van der Waals surface area contributed by atoms with E-state index in [1.165, 1.54) is 24.5 Å². The topological polar surface area (TPSA) is 84.5 Å². The van der Waals surface area contributed by atoms with Crippen LogP contribution in [-0.4, -0.2) is 18.4 Å². The highest BCUT2D eigenvalue weighted by Gasteiger charge is 2.08. The molecule has 0 unspecified atom stereocenters. The Morgan fingerprint density at radius 1 is 1.04 bits per heavy atom. The summed E-state index contributed by atoms with van der Waals surface area (Å²) < 4.78 is 24.3. The van der Waals surface area contributed by atoms with Gasteiger partial charge in [-0.3, -0.25) is 9.59 Å². The van der Waals surface area contributed by atoms with E-state index in [-0.39, 0.29) is 24.8 Å². The smallest absolute Gasteiger partial charge is 0.244 e. The molecule has 2 aromatic heterocycles. The second kappa shape index (κ2) is 8.66. The summed E-state index contributed by atoms with van der Waals surface area (Å²) in [5, 5.41) is 5.08. The fourth-order valence-electron chi connectivity index (χ4n) is 2.29. The predicted molar refractivity (Wildman–Crippen MR) is 96.7 cm³/mol. The second-order valence-corrected chi connectivity index (χ2v) is 5.59. The van der Waals surface area contributed by atoms with Gasteiger partial charge < -0.3 is 19.5 Å². The van der Waals surface area contributed by atoms with Gasteiger partial charge in [-0.2, -0.15) is 0 Å². The summed E-state index contributed by atoms with van der Waals surface area (Å²) in [4.78, 5) is 23.4. The number of benzene rings is 1. The summed E-state index contributed by atoms with van der Waals surface area (Å²) in [6.45, 7) is 0.0886. The predicted octanol–water partition coefficient (Wildman–Crippen LogP) is 3.12. The zero-order chi connectivity index (χ0) is 19.1. The van der Waals surface area contributed by atoms with Crippen LogP contribution in [0.3, 0.4) is 0 Å². The highest BCUT2D eigenvalue weighted by atomic mass is 19.1. The van der Waals surface area contributed by atoms with Crippen LogP contribution in [0, 0.1) is 5.82 Å². The average molecular weight is 368 g/mol. The summed E-state index contributed by atoms with van der Waals surface area (Å²) in [5.41, 5.74) is 0.342. The van der Waals surface area contributed by atoms with Crippen molar-refractivity contribution in [3.05, 3.63) is 78.2 Å². The van der Waals surface area contributed by atoms with Gasteiger partial charge in [0.2, 0.25) is 11.8 Å². The van der Waals surface area contributed by atoms with Gasteiger partial charge in [0.25, 0.3) is 0 Å². The summed E-state index contributed by atoms with van der Waals surface area (Å²) >= 11 is 0. The van der Waals surface area contributed by atoms with E-state index in [9.17, 15) is 14.0 Å². The van der Waals surface area contributed by atoms with E-state index in [1.807, 2.05) is 0 Å². The third-order valence-corrected chi connectivity index (χ3v) is 3.63. The SMILES string of the molecule is O=C(C=Cc1ccc(-c2ccccc2F)o1)NCC(=O)NCc1ccco1. The molecule has 2 heterocycles. The van der Waals surface area contributed by atoms with Crippen LogP contribution < -0.4 is 10.6 Å². The normalized spacial score (nSPS) is 10.9. The molecule has 27 heavy (non-hydrogen) atoms. The third kappa shape index (κ3) is 5.18. The van der Waals surface area contributed by atoms with Crippen molar-refractivity contribution in [3.8, 4) is 11.3 Å². The number of amides is 2. The van der Waals surface area contributed by atoms with Gasteiger partial charge in [-0.1, -0.05) is 12.1 Å². The fraction of sp³-hybridized carbons (Fsp3) is 0.100.